The van der Waals surface area contributed by atoms with Crippen LogP contribution in [0.2, 0.25) is 0 Å². The Hall–Kier alpha value is -3.39. The minimum Gasteiger partial charge on any atom is -0.481 e. The molecular weight excluding hydrogens is 448 g/mol. The highest BCUT2D eigenvalue weighted by molar-refractivity contribution is 5.87. The highest BCUT2D eigenvalue weighted by Gasteiger charge is 2.32. The summed E-state index contributed by atoms with van der Waals surface area (Å²) in [6.07, 6.45) is 0.620. The molecule has 8 nitrogen and oxygen atoms in total. The molecule has 2 amide bonds. The first kappa shape index (κ1) is 26.2. The molecule has 0 fully saturated rings. The van der Waals surface area contributed by atoms with E-state index in [1.54, 1.807) is 6.92 Å². The molecule has 3 N–H and O–H groups in total. The second kappa shape index (κ2) is 12.4. The molecule has 0 aromatic heterocycles. The molecule has 2 aromatic rings. The molecule has 8 heteroatoms. The van der Waals surface area contributed by atoms with Crippen molar-refractivity contribution in [2.24, 2.45) is 0 Å². The number of alkyl carbamates (subject to hydrolysis) is 1. The minimum atomic E-state index is -1.03. The van der Waals surface area contributed by atoms with Gasteiger partial charge in [-0.3, -0.25) is 9.59 Å². The lowest BCUT2D eigenvalue weighted by Gasteiger charge is -2.26. The molecule has 0 saturated heterocycles. The molecule has 0 spiro atoms. The van der Waals surface area contributed by atoms with Crippen LogP contribution in [0.15, 0.2) is 48.5 Å². The molecule has 0 radical (unpaired) electrons. The predicted octanol–water partition coefficient (Wildman–Crippen LogP) is 4.08. The van der Waals surface area contributed by atoms with E-state index in [9.17, 15) is 19.5 Å². The van der Waals surface area contributed by atoms with Gasteiger partial charge < -0.3 is 25.2 Å². The van der Waals surface area contributed by atoms with Gasteiger partial charge in [0, 0.05) is 19.1 Å². The lowest BCUT2D eigenvalue weighted by Crippen LogP contribution is -2.55. The number of hydrogen-bond donors (Lipinski definition) is 3. The first-order chi connectivity index (χ1) is 16.8. The average molecular weight is 483 g/mol. The van der Waals surface area contributed by atoms with Crippen molar-refractivity contribution in [3.63, 3.8) is 0 Å². The quantitative estimate of drug-likeness (QED) is 0.420. The van der Waals surface area contributed by atoms with Gasteiger partial charge >= 0.3 is 12.1 Å². The van der Waals surface area contributed by atoms with Crippen LogP contribution in [0.1, 0.15) is 56.6 Å². The summed E-state index contributed by atoms with van der Waals surface area (Å²) in [5, 5.41) is 14.5. The topological polar surface area (TPSA) is 114 Å². The number of hydrogen-bond acceptors (Lipinski definition) is 5. The van der Waals surface area contributed by atoms with Crippen molar-refractivity contribution < 1.29 is 29.0 Å². The maximum absolute atomic E-state index is 13.0. The van der Waals surface area contributed by atoms with Gasteiger partial charge in [-0.25, -0.2) is 4.79 Å². The number of rotatable bonds is 12. The Morgan fingerprint density at radius 3 is 2.14 bits per heavy atom. The van der Waals surface area contributed by atoms with Gasteiger partial charge in [-0.2, -0.15) is 0 Å². The van der Waals surface area contributed by atoms with E-state index in [-0.39, 0.29) is 18.9 Å². The zero-order chi connectivity index (χ0) is 25.4. The van der Waals surface area contributed by atoms with Crippen molar-refractivity contribution in [2.75, 3.05) is 13.7 Å². The summed E-state index contributed by atoms with van der Waals surface area (Å²) in [4.78, 5) is 36.9. The number of unbranched alkanes of at least 4 members (excludes halogenated alkanes) is 1. The van der Waals surface area contributed by atoms with Crippen LogP contribution in [0, 0.1) is 0 Å². The fourth-order valence-electron chi connectivity index (χ4n) is 4.48. The summed E-state index contributed by atoms with van der Waals surface area (Å²) in [6.45, 7) is 3.77. The fourth-order valence-corrected chi connectivity index (χ4v) is 4.48. The first-order valence-electron chi connectivity index (χ1n) is 12.0. The maximum atomic E-state index is 13.0. The van der Waals surface area contributed by atoms with E-state index in [1.165, 1.54) is 7.11 Å². The lowest BCUT2D eigenvalue weighted by molar-refractivity contribution is -0.138. The monoisotopic (exact) mass is 482 g/mol. The lowest BCUT2D eigenvalue weighted by atomic mass is 9.98. The summed E-state index contributed by atoms with van der Waals surface area (Å²) in [7, 11) is 1.44. The third-order valence-electron chi connectivity index (χ3n) is 6.41. The van der Waals surface area contributed by atoms with E-state index in [0.717, 1.165) is 35.1 Å². The number of carboxylic acids is 1. The van der Waals surface area contributed by atoms with E-state index >= 15 is 0 Å². The normalized spacial score (nSPS) is 14.8. The van der Waals surface area contributed by atoms with Crippen LogP contribution >= 0.6 is 0 Å². The van der Waals surface area contributed by atoms with Gasteiger partial charge in [-0.1, -0.05) is 68.3 Å². The maximum Gasteiger partial charge on any atom is 0.407 e. The number of carbonyl (C=O) groups is 3. The third kappa shape index (κ3) is 6.60. The summed E-state index contributed by atoms with van der Waals surface area (Å²) < 4.78 is 10.9. The van der Waals surface area contributed by atoms with Crippen LogP contribution in [0.4, 0.5) is 4.79 Å². The zero-order valence-electron chi connectivity index (χ0n) is 20.5. The predicted molar refractivity (Wildman–Crippen MR) is 132 cm³/mol. The average Bonchev–Trinajstić information content (AvgIpc) is 3.17. The second-order valence-electron chi connectivity index (χ2n) is 8.83. The van der Waals surface area contributed by atoms with Gasteiger partial charge in [0.05, 0.1) is 12.5 Å². The number of ether oxygens (including phenoxy) is 2. The highest BCUT2D eigenvalue weighted by atomic mass is 16.5. The number of carboxylic acid groups (broad SMARTS) is 1. The number of amides is 2. The van der Waals surface area contributed by atoms with E-state index in [0.29, 0.717) is 6.42 Å². The van der Waals surface area contributed by atoms with Crippen LogP contribution in [0.5, 0.6) is 0 Å². The molecule has 35 heavy (non-hydrogen) atoms. The molecule has 0 saturated carbocycles. The minimum absolute atomic E-state index is 0.103. The SMILES string of the molecule is CCCC[C@@H](CC(=O)O)NC(=O)C(NC(=O)OCC1c2ccccc2-c2ccccc21)C(C)OC. The van der Waals surface area contributed by atoms with Crippen molar-refractivity contribution in [3.8, 4) is 11.1 Å². The van der Waals surface area contributed by atoms with Gasteiger partial charge in [-0.05, 0) is 35.6 Å². The molecule has 2 unspecified atom stereocenters. The first-order valence-corrected chi connectivity index (χ1v) is 12.0. The Morgan fingerprint density at radius 2 is 1.60 bits per heavy atom. The number of methoxy groups -OCH3 is 1. The molecule has 0 heterocycles. The summed E-state index contributed by atoms with van der Waals surface area (Å²) in [5.41, 5.74) is 4.43. The Kier molecular flexibility index (Phi) is 9.25. The smallest absolute Gasteiger partial charge is 0.407 e. The Balaban J connectivity index is 1.66. The molecule has 2 aromatic carbocycles. The summed E-state index contributed by atoms with van der Waals surface area (Å²) in [5.74, 6) is -1.60. The molecule has 3 atom stereocenters. The largest absolute Gasteiger partial charge is 0.481 e. The van der Waals surface area contributed by atoms with Crippen LogP contribution in [0.25, 0.3) is 11.1 Å². The number of benzene rings is 2. The van der Waals surface area contributed by atoms with Crippen LogP contribution in [-0.2, 0) is 19.1 Å². The zero-order valence-corrected chi connectivity index (χ0v) is 20.5. The molecular formula is C27H34N2O6. The fraction of sp³-hybridized carbons (Fsp3) is 0.444. The third-order valence-corrected chi connectivity index (χ3v) is 6.41. The number of fused-ring (bicyclic) bond motifs is 3. The molecule has 0 bridgehead atoms. The van der Waals surface area contributed by atoms with Crippen LogP contribution < -0.4 is 10.6 Å². The highest BCUT2D eigenvalue weighted by Crippen LogP contribution is 2.44. The Bertz CT molecular complexity index is 994. The van der Waals surface area contributed by atoms with E-state index in [1.807, 2.05) is 43.3 Å². The van der Waals surface area contributed by atoms with Crippen LogP contribution in [0.3, 0.4) is 0 Å². The number of carbonyl (C=O) groups excluding carboxylic acids is 2. The van der Waals surface area contributed by atoms with Gasteiger partial charge in [0.2, 0.25) is 5.91 Å². The van der Waals surface area contributed by atoms with Crippen molar-refractivity contribution in [1.82, 2.24) is 10.6 Å². The molecule has 188 valence electrons. The van der Waals surface area contributed by atoms with Gasteiger partial charge in [0.15, 0.2) is 0 Å². The van der Waals surface area contributed by atoms with Crippen molar-refractivity contribution in [2.45, 2.75) is 63.6 Å². The van der Waals surface area contributed by atoms with E-state index in [4.69, 9.17) is 9.47 Å². The summed E-state index contributed by atoms with van der Waals surface area (Å²) in [6, 6.07) is 14.5. The number of aliphatic carboxylic acids is 1. The van der Waals surface area contributed by atoms with E-state index in [2.05, 4.69) is 22.8 Å². The molecule has 0 aliphatic heterocycles. The van der Waals surface area contributed by atoms with E-state index < -0.39 is 36.2 Å². The van der Waals surface area contributed by atoms with Gasteiger partial charge in [0.1, 0.15) is 12.6 Å². The molecule has 1 aliphatic carbocycles. The molecule has 1 aliphatic rings. The Labute approximate surface area is 206 Å². The van der Waals surface area contributed by atoms with Crippen molar-refractivity contribution >= 4 is 18.0 Å². The standard InChI is InChI=1S/C27H34N2O6/c1-4-5-10-18(15-24(30)31)28-26(32)25(17(2)34-3)29-27(33)35-16-23-21-13-8-6-11-19(21)20-12-7-9-14-22(20)23/h6-9,11-14,17-18,23,25H,4-5,10,15-16H2,1-3H3,(H,28,32)(H,29,33)(H,30,31)/t17?,18-,25?/m0/s1. The number of nitrogens with one attached hydrogen (secondary N) is 2. The Morgan fingerprint density at radius 1 is 1.00 bits per heavy atom. The van der Waals surface area contributed by atoms with Crippen molar-refractivity contribution in [1.29, 1.82) is 0 Å². The van der Waals surface area contributed by atoms with Gasteiger partial charge in [-0.15, -0.1) is 0 Å². The van der Waals surface area contributed by atoms with Crippen molar-refractivity contribution in [3.05, 3.63) is 59.7 Å². The molecule has 3 rings (SSSR count). The van der Waals surface area contributed by atoms with Crippen LogP contribution in [-0.4, -0.2) is 55.0 Å². The second-order valence-corrected chi connectivity index (χ2v) is 8.83. The van der Waals surface area contributed by atoms with Gasteiger partial charge in [0.25, 0.3) is 0 Å². The summed E-state index contributed by atoms with van der Waals surface area (Å²) >= 11 is 0.